The predicted octanol–water partition coefficient (Wildman–Crippen LogP) is 7.55. The van der Waals surface area contributed by atoms with Crippen molar-refractivity contribution in [3.8, 4) is 11.5 Å². The Morgan fingerprint density at radius 1 is 0.684 bits per heavy atom. The zero-order valence-corrected chi connectivity index (χ0v) is 19.5. The highest BCUT2D eigenvalue weighted by Crippen LogP contribution is 2.60. The van der Waals surface area contributed by atoms with Gasteiger partial charge in [-0.25, -0.2) is 4.79 Å². The Kier molecular flexibility index (Phi) is 10.2. The van der Waals surface area contributed by atoms with Gasteiger partial charge in [0, 0.05) is 6.42 Å². The number of esters is 1. The SMILES string of the molecule is COC(=O)c1ccc(OCCCCCCC(F)(F)C(F)(F)C(F)(F)C(F)(F)C(F)(F)C(F)(F)F)c(OC)c1. The van der Waals surface area contributed by atoms with Crippen molar-refractivity contribution in [3.05, 3.63) is 23.8 Å². The third-order valence-corrected chi connectivity index (χ3v) is 5.23. The molecule has 0 bridgehead atoms. The molecule has 0 radical (unpaired) electrons. The quantitative estimate of drug-likeness (QED) is 0.129. The van der Waals surface area contributed by atoms with Crippen molar-refractivity contribution in [2.75, 3.05) is 20.8 Å². The summed E-state index contributed by atoms with van der Waals surface area (Å²) in [7, 11) is 2.40. The molecule has 0 saturated heterocycles. The number of rotatable bonds is 14. The first kappa shape index (κ1) is 33.4. The van der Waals surface area contributed by atoms with Gasteiger partial charge in [0.2, 0.25) is 0 Å². The summed E-state index contributed by atoms with van der Waals surface area (Å²) in [6, 6.07) is 3.95. The van der Waals surface area contributed by atoms with Crippen LogP contribution < -0.4 is 9.47 Å². The van der Waals surface area contributed by atoms with Crippen molar-refractivity contribution >= 4 is 5.97 Å². The van der Waals surface area contributed by atoms with Crippen LogP contribution in [0.2, 0.25) is 0 Å². The second kappa shape index (κ2) is 11.6. The number of ether oxygens (including phenoxy) is 3. The first-order valence-corrected chi connectivity index (χ1v) is 10.5. The van der Waals surface area contributed by atoms with Crippen LogP contribution in [-0.2, 0) is 4.74 Å². The van der Waals surface area contributed by atoms with E-state index in [1.807, 2.05) is 0 Å². The summed E-state index contributed by atoms with van der Waals surface area (Å²) in [6.07, 6.45) is -11.0. The molecule has 1 aromatic carbocycles. The number of unbranched alkanes of at least 4 members (excludes halogenated alkanes) is 3. The Balaban J connectivity index is 2.71. The zero-order chi connectivity index (χ0) is 29.8. The highest BCUT2D eigenvalue weighted by Gasteiger charge is 2.90. The van der Waals surface area contributed by atoms with Crippen LogP contribution in [0.25, 0.3) is 0 Å². The van der Waals surface area contributed by atoms with Gasteiger partial charge < -0.3 is 14.2 Å². The predicted molar refractivity (Wildman–Crippen MR) is 104 cm³/mol. The molecule has 0 saturated carbocycles. The van der Waals surface area contributed by atoms with Crippen molar-refractivity contribution < 1.29 is 76.1 Å². The van der Waals surface area contributed by atoms with Crippen LogP contribution in [0.4, 0.5) is 57.1 Å². The molecule has 17 heteroatoms. The van der Waals surface area contributed by atoms with E-state index in [2.05, 4.69) is 4.74 Å². The van der Waals surface area contributed by atoms with E-state index >= 15 is 0 Å². The molecule has 0 fully saturated rings. The monoisotopic (exact) mass is 584 g/mol. The number of carbonyl (C=O) groups is 1. The van der Waals surface area contributed by atoms with Gasteiger partial charge in [0.15, 0.2) is 11.5 Å². The molecule has 4 nitrogen and oxygen atoms in total. The zero-order valence-electron chi connectivity index (χ0n) is 19.5. The molecule has 0 N–H and O–H groups in total. The number of benzene rings is 1. The van der Waals surface area contributed by atoms with Gasteiger partial charge in [0.05, 0.1) is 26.4 Å². The lowest BCUT2D eigenvalue weighted by Crippen LogP contribution is -2.70. The van der Waals surface area contributed by atoms with Crippen LogP contribution >= 0.6 is 0 Å². The first-order valence-electron chi connectivity index (χ1n) is 10.5. The van der Waals surface area contributed by atoms with Crippen LogP contribution in [0.3, 0.4) is 0 Å². The summed E-state index contributed by atoms with van der Waals surface area (Å²) in [5.74, 6) is -37.1. The van der Waals surface area contributed by atoms with Crippen molar-refractivity contribution in [1.29, 1.82) is 0 Å². The molecule has 1 aromatic rings. The highest BCUT2D eigenvalue weighted by molar-refractivity contribution is 5.90. The highest BCUT2D eigenvalue weighted by atomic mass is 19.4. The molecule has 220 valence electrons. The molecule has 0 aliphatic heterocycles. The van der Waals surface area contributed by atoms with Gasteiger partial charge in [-0.3, -0.25) is 0 Å². The van der Waals surface area contributed by atoms with E-state index in [-0.39, 0.29) is 42.9 Å². The van der Waals surface area contributed by atoms with Crippen LogP contribution in [0.15, 0.2) is 18.2 Å². The van der Waals surface area contributed by atoms with E-state index < -0.39 is 54.6 Å². The minimum atomic E-state index is -7.89. The minimum absolute atomic E-state index is 0.0527. The average Bonchev–Trinajstić information content (AvgIpc) is 2.81. The maximum Gasteiger partial charge on any atom is 0.460 e. The van der Waals surface area contributed by atoms with Gasteiger partial charge in [0.25, 0.3) is 0 Å². The lowest BCUT2D eigenvalue weighted by Gasteiger charge is -2.39. The standard InChI is InChI=1S/C21H21F13O4/c1-36-14-11-12(15(35)37-2)7-8-13(14)38-10-6-4-3-5-9-16(22,23)17(24,25)18(26,27)19(28,29)20(30,31)21(32,33)34/h7-8,11H,3-6,9-10H2,1-2H3. The normalized spacial score (nSPS) is 13.9. The Labute approximate surface area is 207 Å². The molecule has 0 amide bonds. The maximum atomic E-state index is 13.7. The van der Waals surface area contributed by atoms with E-state index in [0.717, 1.165) is 7.11 Å². The summed E-state index contributed by atoms with van der Waals surface area (Å²) in [5.41, 5.74) is 0.125. The molecule has 0 spiro atoms. The smallest absolute Gasteiger partial charge is 0.460 e. The van der Waals surface area contributed by atoms with E-state index in [1.54, 1.807) is 0 Å². The van der Waals surface area contributed by atoms with Gasteiger partial charge in [-0.05, 0) is 31.0 Å². The Hall–Kier alpha value is -2.62. The topological polar surface area (TPSA) is 44.8 Å². The summed E-state index contributed by atoms with van der Waals surface area (Å²) >= 11 is 0. The van der Waals surface area contributed by atoms with Gasteiger partial charge in [-0.15, -0.1) is 0 Å². The third kappa shape index (κ3) is 6.33. The number of alkyl halides is 13. The molecule has 38 heavy (non-hydrogen) atoms. The van der Waals surface area contributed by atoms with Gasteiger partial charge in [-0.1, -0.05) is 12.8 Å². The van der Waals surface area contributed by atoms with Crippen LogP contribution in [0.5, 0.6) is 11.5 Å². The number of methoxy groups -OCH3 is 2. The second-order valence-corrected chi connectivity index (χ2v) is 7.87. The summed E-state index contributed by atoms with van der Waals surface area (Å²) in [5, 5.41) is 0. The van der Waals surface area contributed by atoms with Crippen molar-refractivity contribution in [2.24, 2.45) is 0 Å². The largest absolute Gasteiger partial charge is 0.493 e. The van der Waals surface area contributed by atoms with Gasteiger partial charge >= 0.3 is 41.8 Å². The van der Waals surface area contributed by atoms with Crippen molar-refractivity contribution in [3.63, 3.8) is 0 Å². The van der Waals surface area contributed by atoms with Crippen molar-refractivity contribution in [1.82, 2.24) is 0 Å². The fourth-order valence-corrected chi connectivity index (χ4v) is 2.98. The Morgan fingerprint density at radius 3 is 1.71 bits per heavy atom. The fourth-order valence-electron chi connectivity index (χ4n) is 2.98. The van der Waals surface area contributed by atoms with E-state index in [9.17, 15) is 61.9 Å². The van der Waals surface area contributed by atoms with Crippen LogP contribution in [-0.4, -0.2) is 62.6 Å². The Morgan fingerprint density at radius 2 is 1.21 bits per heavy atom. The third-order valence-electron chi connectivity index (χ3n) is 5.23. The second-order valence-electron chi connectivity index (χ2n) is 7.87. The number of hydrogen-bond donors (Lipinski definition) is 0. The van der Waals surface area contributed by atoms with E-state index in [0.29, 0.717) is 0 Å². The van der Waals surface area contributed by atoms with Crippen LogP contribution in [0, 0.1) is 0 Å². The first-order chi connectivity index (χ1) is 17.1. The fraction of sp³-hybridized carbons (Fsp3) is 0.667. The van der Waals surface area contributed by atoms with E-state index in [4.69, 9.17) is 9.47 Å². The molecule has 0 atom stereocenters. The average molecular weight is 584 g/mol. The molecule has 0 aromatic heterocycles. The number of halogens is 13. The molecule has 0 heterocycles. The Bertz CT molecular complexity index is 946. The van der Waals surface area contributed by atoms with Crippen molar-refractivity contribution in [2.45, 2.75) is 67.9 Å². The molecule has 0 aliphatic rings. The lowest BCUT2D eigenvalue weighted by molar-refractivity contribution is -0.440. The summed E-state index contributed by atoms with van der Waals surface area (Å²) in [4.78, 5) is 11.5. The number of hydrogen-bond acceptors (Lipinski definition) is 4. The molecule has 0 unspecified atom stereocenters. The number of carbonyl (C=O) groups excluding carboxylic acids is 1. The van der Waals surface area contributed by atoms with E-state index in [1.165, 1.54) is 25.3 Å². The van der Waals surface area contributed by atoms with Crippen LogP contribution in [0.1, 0.15) is 42.5 Å². The van der Waals surface area contributed by atoms with Gasteiger partial charge in [-0.2, -0.15) is 57.1 Å². The summed E-state index contributed by atoms with van der Waals surface area (Å²) in [6.45, 7) is -0.114. The molecular formula is C21H21F13O4. The molecule has 1 rings (SSSR count). The lowest BCUT2D eigenvalue weighted by atomic mass is 9.91. The summed E-state index contributed by atoms with van der Waals surface area (Å²) < 4.78 is 185. The maximum absolute atomic E-state index is 13.7. The molecular weight excluding hydrogens is 563 g/mol. The van der Waals surface area contributed by atoms with Gasteiger partial charge in [0.1, 0.15) is 0 Å². The minimum Gasteiger partial charge on any atom is -0.493 e. The molecule has 0 aliphatic carbocycles.